The van der Waals surface area contributed by atoms with Crippen LogP contribution in [-0.2, 0) is 6.42 Å². The molecule has 2 aromatic rings. The Morgan fingerprint density at radius 1 is 1.21 bits per heavy atom. The van der Waals surface area contributed by atoms with Gasteiger partial charge in [-0.3, -0.25) is 0 Å². The molecule has 0 aliphatic carbocycles. The molecule has 0 aromatic heterocycles. The maximum atomic E-state index is 6.05. The fourth-order valence-electron chi connectivity index (χ4n) is 2.25. The lowest BCUT2D eigenvalue weighted by Gasteiger charge is -2.19. The number of benzene rings is 2. The highest BCUT2D eigenvalue weighted by Crippen LogP contribution is 2.25. The van der Waals surface area contributed by atoms with Crippen molar-refractivity contribution in [1.29, 1.82) is 0 Å². The van der Waals surface area contributed by atoms with Gasteiger partial charge in [-0.1, -0.05) is 45.7 Å². The molecular formula is C16H17BrClN. The molecule has 3 heteroatoms. The monoisotopic (exact) mass is 337 g/mol. The van der Waals surface area contributed by atoms with Gasteiger partial charge < -0.3 is 5.32 Å². The molecule has 0 bridgehead atoms. The van der Waals surface area contributed by atoms with E-state index in [4.69, 9.17) is 11.6 Å². The third kappa shape index (κ3) is 3.82. The van der Waals surface area contributed by atoms with Crippen LogP contribution in [0.2, 0.25) is 5.02 Å². The Morgan fingerprint density at radius 3 is 2.68 bits per heavy atom. The van der Waals surface area contributed by atoms with Crippen LogP contribution in [0.15, 0.2) is 46.9 Å². The second-order valence-electron chi connectivity index (χ2n) is 4.68. The summed E-state index contributed by atoms with van der Waals surface area (Å²) in [5.74, 6) is 0. The van der Waals surface area contributed by atoms with E-state index < -0.39 is 0 Å². The molecule has 0 aliphatic heterocycles. The lowest BCUT2D eigenvalue weighted by atomic mass is 9.95. The number of rotatable bonds is 4. The van der Waals surface area contributed by atoms with Crippen molar-refractivity contribution in [2.24, 2.45) is 0 Å². The number of hydrogen-bond donors (Lipinski definition) is 1. The van der Waals surface area contributed by atoms with Crippen LogP contribution in [0.25, 0.3) is 0 Å². The summed E-state index contributed by atoms with van der Waals surface area (Å²) in [4.78, 5) is 0. The zero-order valence-electron chi connectivity index (χ0n) is 11.1. The van der Waals surface area contributed by atoms with Gasteiger partial charge in [0.25, 0.3) is 0 Å². The molecule has 0 fully saturated rings. The van der Waals surface area contributed by atoms with Gasteiger partial charge >= 0.3 is 0 Å². The van der Waals surface area contributed by atoms with E-state index in [0.29, 0.717) is 0 Å². The molecule has 1 unspecified atom stereocenters. The number of aryl methyl sites for hydroxylation is 1. The van der Waals surface area contributed by atoms with Crippen molar-refractivity contribution in [2.45, 2.75) is 19.4 Å². The van der Waals surface area contributed by atoms with Crippen molar-refractivity contribution in [2.75, 3.05) is 7.05 Å². The molecule has 0 radical (unpaired) electrons. The molecule has 1 nitrogen and oxygen atoms in total. The van der Waals surface area contributed by atoms with Crippen LogP contribution in [0.5, 0.6) is 0 Å². The lowest BCUT2D eigenvalue weighted by Crippen LogP contribution is -2.19. The van der Waals surface area contributed by atoms with E-state index in [1.165, 1.54) is 16.7 Å². The second kappa shape index (κ2) is 6.56. The van der Waals surface area contributed by atoms with E-state index in [1.807, 2.05) is 25.2 Å². The Bertz CT molecular complexity index is 568. The first-order chi connectivity index (χ1) is 9.10. The molecule has 0 saturated heterocycles. The Balaban J connectivity index is 2.27. The van der Waals surface area contributed by atoms with Gasteiger partial charge in [0, 0.05) is 15.5 Å². The zero-order valence-corrected chi connectivity index (χ0v) is 13.4. The Hall–Kier alpha value is -0.830. The van der Waals surface area contributed by atoms with Crippen molar-refractivity contribution in [3.05, 3.63) is 68.7 Å². The van der Waals surface area contributed by atoms with E-state index in [9.17, 15) is 0 Å². The van der Waals surface area contributed by atoms with Gasteiger partial charge in [-0.25, -0.2) is 0 Å². The SMILES string of the molecule is CNC(Cc1cccc(Cl)c1)c1cc(Br)ccc1C. The maximum Gasteiger partial charge on any atom is 0.0408 e. The van der Waals surface area contributed by atoms with Crippen molar-refractivity contribution in [1.82, 2.24) is 5.32 Å². The van der Waals surface area contributed by atoms with Gasteiger partial charge in [0.2, 0.25) is 0 Å². The van der Waals surface area contributed by atoms with Crippen LogP contribution in [-0.4, -0.2) is 7.05 Å². The van der Waals surface area contributed by atoms with Gasteiger partial charge in [0.1, 0.15) is 0 Å². The average molecular weight is 339 g/mol. The summed E-state index contributed by atoms with van der Waals surface area (Å²) < 4.78 is 1.11. The molecule has 2 rings (SSSR count). The molecule has 2 aromatic carbocycles. The fraction of sp³-hybridized carbons (Fsp3) is 0.250. The first-order valence-corrected chi connectivity index (χ1v) is 7.45. The quantitative estimate of drug-likeness (QED) is 0.835. The van der Waals surface area contributed by atoms with Crippen LogP contribution in [0, 0.1) is 6.92 Å². The molecule has 0 amide bonds. The minimum absolute atomic E-state index is 0.288. The van der Waals surface area contributed by atoms with Crippen LogP contribution in [0.4, 0.5) is 0 Å². The Labute approximate surface area is 128 Å². The molecule has 0 spiro atoms. The highest BCUT2D eigenvalue weighted by atomic mass is 79.9. The predicted octanol–water partition coefficient (Wildman–Crippen LogP) is 4.91. The van der Waals surface area contributed by atoms with Crippen molar-refractivity contribution in [3.63, 3.8) is 0 Å². The van der Waals surface area contributed by atoms with Gasteiger partial charge in [0.05, 0.1) is 0 Å². The Morgan fingerprint density at radius 2 is 2.00 bits per heavy atom. The normalized spacial score (nSPS) is 12.4. The average Bonchev–Trinajstić information content (AvgIpc) is 2.39. The molecule has 100 valence electrons. The topological polar surface area (TPSA) is 12.0 Å². The van der Waals surface area contributed by atoms with Crippen LogP contribution in [0.1, 0.15) is 22.7 Å². The van der Waals surface area contributed by atoms with Crippen molar-refractivity contribution in [3.8, 4) is 0 Å². The minimum Gasteiger partial charge on any atom is -0.313 e. The fourth-order valence-corrected chi connectivity index (χ4v) is 2.85. The molecule has 1 N–H and O–H groups in total. The van der Waals surface area contributed by atoms with Gasteiger partial charge in [0.15, 0.2) is 0 Å². The van der Waals surface area contributed by atoms with Gasteiger partial charge in [-0.15, -0.1) is 0 Å². The smallest absolute Gasteiger partial charge is 0.0408 e. The highest BCUT2D eigenvalue weighted by molar-refractivity contribution is 9.10. The highest BCUT2D eigenvalue weighted by Gasteiger charge is 2.13. The molecular weight excluding hydrogens is 322 g/mol. The van der Waals surface area contributed by atoms with Gasteiger partial charge in [-0.2, -0.15) is 0 Å². The summed E-state index contributed by atoms with van der Waals surface area (Å²) in [5.41, 5.74) is 3.85. The van der Waals surface area contributed by atoms with Crippen molar-refractivity contribution >= 4 is 27.5 Å². The molecule has 1 atom stereocenters. The maximum absolute atomic E-state index is 6.05. The summed E-state index contributed by atoms with van der Waals surface area (Å²) in [6.45, 7) is 2.14. The third-order valence-corrected chi connectivity index (χ3v) is 4.02. The minimum atomic E-state index is 0.288. The number of nitrogens with one attached hydrogen (secondary N) is 1. The third-order valence-electron chi connectivity index (χ3n) is 3.29. The lowest BCUT2D eigenvalue weighted by molar-refractivity contribution is 0.588. The summed E-state index contributed by atoms with van der Waals surface area (Å²) in [7, 11) is 2.00. The van der Waals surface area contributed by atoms with E-state index in [0.717, 1.165) is 15.9 Å². The summed E-state index contributed by atoms with van der Waals surface area (Å²) in [6, 6.07) is 14.7. The summed E-state index contributed by atoms with van der Waals surface area (Å²) in [6.07, 6.45) is 0.925. The van der Waals surface area contributed by atoms with E-state index in [-0.39, 0.29) is 6.04 Å². The zero-order chi connectivity index (χ0) is 13.8. The second-order valence-corrected chi connectivity index (χ2v) is 6.03. The predicted molar refractivity (Wildman–Crippen MR) is 85.8 cm³/mol. The van der Waals surface area contributed by atoms with Crippen molar-refractivity contribution < 1.29 is 0 Å². The van der Waals surface area contributed by atoms with E-state index >= 15 is 0 Å². The van der Waals surface area contributed by atoms with Crippen LogP contribution in [0.3, 0.4) is 0 Å². The van der Waals surface area contributed by atoms with Crippen LogP contribution >= 0.6 is 27.5 Å². The summed E-state index contributed by atoms with van der Waals surface area (Å²) >= 11 is 9.59. The number of likely N-dealkylation sites (N-methyl/N-ethyl adjacent to an activating group) is 1. The molecule has 0 heterocycles. The van der Waals surface area contributed by atoms with Gasteiger partial charge in [-0.05, 0) is 61.3 Å². The molecule has 0 aliphatic rings. The number of halogens is 2. The van der Waals surface area contributed by atoms with E-state index in [1.54, 1.807) is 0 Å². The molecule has 0 saturated carbocycles. The molecule has 19 heavy (non-hydrogen) atoms. The van der Waals surface area contributed by atoms with E-state index in [2.05, 4.69) is 52.4 Å². The Kier molecular flexibility index (Phi) is 5.03. The number of hydrogen-bond acceptors (Lipinski definition) is 1. The van der Waals surface area contributed by atoms with Crippen LogP contribution < -0.4 is 5.32 Å². The first kappa shape index (κ1) is 14.6. The largest absolute Gasteiger partial charge is 0.313 e. The standard InChI is InChI=1S/C16H17BrClN/c1-11-6-7-13(17)10-15(11)16(19-2)9-12-4-3-5-14(18)8-12/h3-8,10,16,19H,9H2,1-2H3. The first-order valence-electron chi connectivity index (χ1n) is 6.28. The summed E-state index contributed by atoms with van der Waals surface area (Å²) in [5, 5.41) is 4.18.